The minimum absolute atomic E-state index is 0.313. The van der Waals surface area contributed by atoms with E-state index in [-0.39, 0.29) is 0 Å². The van der Waals surface area contributed by atoms with E-state index in [1.807, 2.05) is 11.8 Å². The molecule has 1 saturated heterocycles. The van der Waals surface area contributed by atoms with Gasteiger partial charge in [-0.05, 0) is 43.8 Å². The Bertz CT molecular complexity index is 230. The first-order chi connectivity index (χ1) is 7.79. The van der Waals surface area contributed by atoms with E-state index in [0.29, 0.717) is 17.9 Å². The zero-order chi connectivity index (χ0) is 11.4. The van der Waals surface area contributed by atoms with Gasteiger partial charge < -0.3 is 5.32 Å². The largest absolute Gasteiger partial charge is 0.352 e. The smallest absolute Gasteiger partial charge is 0.223 e. The van der Waals surface area contributed by atoms with Crippen LogP contribution in [0.15, 0.2) is 0 Å². The lowest BCUT2D eigenvalue weighted by molar-refractivity contribution is -0.126. The minimum atomic E-state index is 0.313. The highest BCUT2D eigenvalue weighted by molar-refractivity contribution is 7.99. The fourth-order valence-corrected chi connectivity index (χ4v) is 3.95. The molecule has 2 nitrogen and oxygen atoms in total. The Labute approximate surface area is 103 Å². The van der Waals surface area contributed by atoms with Crippen molar-refractivity contribution < 1.29 is 4.79 Å². The van der Waals surface area contributed by atoms with Crippen LogP contribution in [0.3, 0.4) is 0 Å². The lowest BCUT2D eigenvalue weighted by atomic mass is 9.80. The zero-order valence-corrected chi connectivity index (χ0v) is 11.0. The third kappa shape index (κ3) is 3.16. The second-order valence-electron chi connectivity index (χ2n) is 5.19. The molecule has 0 aromatic heterocycles. The van der Waals surface area contributed by atoms with Gasteiger partial charge in [0.2, 0.25) is 5.91 Å². The summed E-state index contributed by atoms with van der Waals surface area (Å²) in [6.07, 6.45) is 7.20. The van der Waals surface area contributed by atoms with Crippen LogP contribution >= 0.6 is 11.8 Å². The third-order valence-electron chi connectivity index (χ3n) is 4.07. The summed E-state index contributed by atoms with van der Waals surface area (Å²) in [4.78, 5) is 12.0. The molecule has 0 spiro atoms. The zero-order valence-electron chi connectivity index (χ0n) is 10.2. The molecule has 0 bridgehead atoms. The Morgan fingerprint density at radius 1 is 1.25 bits per heavy atom. The van der Waals surface area contributed by atoms with Crippen molar-refractivity contribution in [2.75, 3.05) is 11.5 Å². The number of amides is 1. The Morgan fingerprint density at radius 2 is 2.00 bits per heavy atom. The number of carbonyl (C=O) groups excluding carboxylic acids is 1. The number of hydrogen-bond acceptors (Lipinski definition) is 2. The highest BCUT2D eigenvalue weighted by Crippen LogP contribution is 2.31. The molecule has 2 rings (SSSR count). The maximum absolute atomic E-state index is 12.0. The first kappa shape index (κ1) is 12.3. The molecule has 2 aliphatic rings. The molecular weight excluding hydrogens is 218 g/mol. The lowest BCUT2D eigenvalue weighted by Crippen LogP contribution is -2.40. The molecule has 2 fully saturated rings. The summed E-state index contributed by atoms with van der Waals surface area (Å²) < 4.78 is 0. The van der Waals surface area contributed by atoms with Gasteiger partial charge in [0, 0.05) is 17.7 Å². The van der Waals surface area contributed by atoms with Crippen LogP contribution in [0.5, 0.6) is 0 Å². The molecule has 0 unspecified atom stereocenters. The van der Waals surface area contributed by atoms with Gasteiger partial charge in [0.25, 0.3) is 0 Å². The van der Waals surface area contributed by atoms with Crippen LogP contribution in [0.4, 0.5) is 0 Å². The molecule has 1 N–H and O–H groups in total. The predicted molar refractivity (Wildman–Crippen MR) is 69.6 cm³/mol. The Morgan fingerprint density at radius 3 is 2.56 bits per heavy atom. The van der Waals surface area contributed by atoms with Crippen molar-refractivity contribution in [3.63, 3.8) is 0 Å². The van der Waals surface area contributed by atoms with Gasteiger partial charge >= 0.3 is 0 Å². The second-order valence-corrected chi connectivity index (χ2v) is 6.34. The molecule has 1 aliphatic carbocycles. The van der Waals surface area contributed by atoms with Gasteiger partial charge in [-0.25, -0.2) is 0 Å². The van der Waals surface area contributed by atoms with E-state index >= 15 is 0 Å². The van der Waals surface area contributed by atoms with Gasteiger partial charge in [0.15, 0.2) is 0 Å². The van der Waals surface area contributed by atoms with Crippen molar-refractivity contribution in [1.82, 2.24) is 5.32 Å². The van der Waals surface area contributed by atoms with Gasteiger partial charge in [0.05, 0.1) is 0 Å². The first-order valence-corrected chi connectivity index (χ1v) is 7.83. The molecule has 0 aromatic rings. The first-order valence-electron chi connectivity index (χ1n) is 6.67. The van der Waals surface area contributed by atoms with Crippen molar-refractivity contribution in [2.24, 2.45) is 11.8 Å². The third-order valence-corrected chi connectivity index (χ3v) is 5.23. The van der Waals surface area contributed by atoms with E-state index in [0.717, 1.165) is 24.5 Å². The number of carbonyl (C=O) groups is 1. The van der Waals surface area contributed by atoms with Crippen LogP contribution < -0.4 is 5.32 Å². The number of hydrogen-bond donors (Lipinski definition) is 1. The Hall–Kier alpha value is -0.180. The monoisotopic (exact) mass is 241 g/mol. The predicted octanol–water partition coefficient (Wildman–Crippen LogP) is 2.82. The van der Waals surface area contributed by atoms with Crippen LogP contribution in [0, 0.1) is 11.8 Å². The molecule has 1 atom stereocenters. The number of nitrogens with one attached hydrogen (secondary N) is 1. The molecule has 1 amide bonds. The molecule has 1 heterocycles. The summed E-state index contributed by atoms with van der Waals surface area (Å²) in [7, 11) is 0. The molecule has 1 aliphatic heterocycles. The van der Waals surface area contributed by atoms with Gasteiger partial charge in [-0.3, -0.25) is 4.79 Å². The van der Waals surface area contributed by atoms with Gasteiger partial charge in [-0.2, -0.15) is 11.8 Å². The standard InChI is InChI=1S/C13H23NOS/c1-2-10-3-5-11(6-4-10)13(15)14-12-7-8-16-9-12/h10-12H,2-9H2,1H3,(H,14,15)/t10?,11?,12-/m0/s1. The van der Waals surface area contributed by atoms with E-state index in [2.05, 4.69) is 12.2 Å². The van der Waals surface area contributed by atoms with Gasteiger partial charge in [0.1, 0.15) is 0 Å². The van der Waals surface area contributed by atoms with Crippen LogP contribution in [0.25, 0.3) is 0 Å². The highest BCUT2D eigenvalue weighted by atomic mass is 32.2. The molecular formula is C13H23NOS. The van der Waals surface area contributed by atoms with Crippen molar-refractivity contribution in [3.05, 3.63) is 0 Å². The summed E-state index contributed by atoms with van der Waals surface area (Å²) in [5, 5.41) is 3.22. The molecule has 92 valence electrons. The maximum atomic E-state index is 12.0. The fourth-order valence-electron chi connectivity index (χ4n) is 2.80. The fraction of sp³-hybridized carbons (Fsp3) is 0.923. The maximum Gasteiger partial charge on any atom is 0.223 e. The molecule has 16 heavy (non-hydrogen) atoms. The van der Waals surface area contributed by atoms with Crippen molar-refractivity contribution >= 4 is 17.7 Å². The van der Waals surface area contributed by atoms with E-state index in [1.165, 1.54) is 31.4 Å². The van der Waals surface area contributed by atoms with E-state index in [9.17, 15) is 4.79 Å². The average Bonchev–Trinajstić information content (AvgIpc) is 2.82. The van der Waals surface area contributed by atoms with E-state index < -0.39 is 0 Å². The minimum Gasteiger partial charge on any atom is -0.352 e. The Kier molecular flexibility index (Phi) is 4.56. The molecule has 0 aromatic carbocycles. The van der Waals surface area contributed by atoms with E-state index in [4.69, 9.17) is 0 Å². The number of rotatable bonds is 3. The van der Waals surface area contributed by atoms with Crippen LogP contribution in [0.1, 0.15) is 45.4 Å². The molecule has 3 heteroatoms. The van der Waals surface area contributed by atoms with Crippen LogP contribution in [0.2, 0.25) is 0 Å². The number of thioether (sulfide) groups is 1. The van der Waals surface area contributed by atoms with Gasteiger partial charge in [-0.1, -0.05) is 13.3 Å². The highest BCUT2D eigenvalue weighted by Gasteiger charge is 2.27. The topological polar surface area (TPSA) is 29.1 Å². The Balaban J connectivity index is 1.73. The van der Waals surface area contributed by atoms with Crippen molar-refractivity contribution in [1.29, 1.82) is 0 Å². The quantitative estimate of drug-likeness (QED) is 0.823. The molecule has 1 saturated carbocycles. The van der Waals surface area contributed by atoms with Gasteiger partial charge in [-0.15, -0.1) is 0 Å². The summed E-state index contributed by atoms with van der Waals surface area (Å²) in [6, 6.07) is 0.460. The second kappa shape index (κ2) is 5.95. The SMILES string of the molecule is CCC1CCC(C(=O)N[C@H]2CCSC2)CC1. The summed E-state index contributed by atoms with van der Waals surface area (Å²) in [5.41, 5.74) is 0. The van der Waals surface area contributed by atoms with E-state index in [1.54, 1.807) is 0 Å². The summed E-state index contributed by atoms with van der Waals surface area (Å²) in [6.45, 7) is 2.26. The van der Waals surface area contributed by atoms with Crippen LogP contribution in [-0.4, -0.2) is 23.5 Å². The lowest BCUT2D eigenvalue weighted by Gasteiger charge is -2.27. The molecule has 0 radical (unpaired) electrons. The summed E-state index contributed by atoms with van der Waals surface area (Å²) >= 11 is 1.96. The summed E-state index contributed by atoms with van der Waals surface area (Å²) in [5.74, 6) is 3.87. The average molecular weight is 241 g/mol. The van der Waals surface area contributed by atoms with Crippen LogP contribution in [-0.2, 0) is 4.79 Å². The van der Waals surface area contributed by atoms with Crippen molar-refractivity contribution in [3.8, 4) is 0 Å². The van der Waals surface area contributed by atoms with Crippen molar-refractivity contribution in [2.45, 2.75) is 51.5 Å². The normalized spacial score (nSPS) is 34.9.